The normalized spacial score (nSPS) is 22.9. The first kappa shape index (κ1) is 13.6. The van der Waals surface area contributed by atoms with Crippen molar-refractivity contribution in [1.29, 1.82) is 0 Å². The Morgan fingerprint density at radius 3 is 2.78 bits per heavy atom. The second-order valence-corrected chi connectivity index (χ2v) is 5.47. The van der Waals surface area contributed by atoms with Crippen LogP contribution in [0.2, 0.25) is 0 Å². The average molecular weight is 247 g/mol. The molecular formula is C16H25NO. The summed E-state index contributed by atoms with van der Waals surface area (Å²) < 4.78 is 0. The van der Waals surface area contributed by atoms with Crippen molar-refractivity contribution < 1.29 is 5.11 Å². The zero-order chi connectivity index (χ0) is 12.8. The second-order valence-electron chi connectivity index (χ2n) is 5.47. The molecule has 1 aliphatic rings. The number of benzene rings is 1. The lowest BCUT2D eigenvalue weighted by atomic mass is 9.96. The molecule has 2 rings (SSSR count). The highest BCUT2D eigenvalue weighted by Crippen LogP contribution is 2.22. The minimum Gasteiger partial charge on any atom is -0.395 e. The van der Waals surface area contributed by atoms with Gasteiger partial charge >= 0.3 is 0 Å². The zero-order valence-electron chi connectivity index (χ0n) is 11.4. The van der Waals surface area contributed by atoms with Crippen LogP contribution in [0.25, 0.3) is 0 Å². The quantitative estimate of drug-likeness (QED) is 0.864. The maximum absolute atomic E-state index is 9.40. The molecule has 0 aliphatic carbocycles. The fourth-order valence-electron chi connectivity index (χ4n) is 2.87. The van der Waals surface area contributed by atoms with E-state index in [1.807, 2.05) is 0 Å². The molecule has 2 heteroatoms. The second kappa shape index (κ2) is 6.91. The molecule has 0 unspecified atom stereocenters. The van der Waals surface area contributed by atoms with Crippen LogP contribution in [-0.4, -0.2) is 35.7 Å². The van der Waals surface area contributed by atoms with Crippen molar-refractivity contribution in [3.63, 3.8) is 0 Å². The van der Waals surface area contributed by atoms with E-state index in [1.54, 1.807) is 0 Å². The fraction of sp³-hybridized carbons (Fsp3) is 0.625. The number of piperidine rings is 1. The first-order valence-corrected chi connectivity index (χ1v) is 7.21. The van der Waals surface area contributed by atoms with Crippen LogP contribution in [0, 0.1) is 0 Å². The SMILES string of the molecule is C[C@H](CCN1CCCC[C@@H]1CO)c1ccccc1. The molecule has 0 amide bonds. The summed E-state index contributed by atoms with van der Waals surface area (Å²) in [5.74, 6) is 0.604. The van der Waals surface area contributed by atoms with Crippen molar-refractivity contribution in [1.82, 2.24) is 4.90 Å². The number of hydrogen-bond acceptors (Lipinski definition) is 2. The third-order valence-electron chi connectivity index (χ3n) is 4.18. The molecule has 1 heterocycles. The largest absolute Gasteiger partial charge is 0.395 e. The van der Waals surface area contributed by atoms with Crippen LogP contribution in [0.5, 0.6) is 0 Å². The lowest BCUT2D eigenvalue weighted by molar-refractivity contribution is 0.0878. The van der Waals surface area contributed by atoms with E-state index in [0.717, 1.165) is 19.5 Å². The van der Waals surface area contributed by atoms with Gasteiger partial charge in [0.25, 0.3) is 0 Å². The molecule has 0 radical (unpaired) electrons. The third kappa shape index (κ3) is 3.56. The van der Waals surface area contributed by atoms with E-state index in [1.165, 1.54) is 24.8 Å². The number of nitrogens with zero attached hydrogens (tertiary/aromatic N) is 1. The number of aliphatic hydroxyl groups excluding tert-OH is 1. The minimum absolute atomic E-state index is 0.319. The van der Waals surface area contributed by atoms with Crippen molar-refractivity contribution in [2.75, 3.05) is 19.7 Å². The van der Waals surface area contributed by atoms with E-state index in [-0.39, 0.29) is 0 Å². The molecular weight excluding hydrogens is 222 g/mol. The predicted molar refractivity (Wildman–Crippen MR) is 75.8 cm³/mol. The standard InChI is InChI=1S/C16H25NO/c1-14(15-7-3-2-4-8-15)10-12-17-11-6-5-9-16(17)13-18/h2-4,7-8,14,16,18H,5-6,9-13H2,1H3/t14-,16-/m1/s1. The van der Waals surface area contributed by atoms with Gasteiger partial charge in [-0.3, -0.25) is 4.90 Å². The highest BCUT2D eigenvalue weighted by Gasteiger charge is 2.21. The topological polar surface area (TPSA) is 23.5 Å². The maximum atomic E-state index is 9.40. The van der Waals surface area contributed by atoms with E-state index in [4.69, 9.17) is 0 Å². The molecule has 100 valence electrons. The molecule has 2 atom stereocenters. The lowest BCUT2D eigenvalue weighted by Crippen LogP contribution is -2.42. The third-order valence-corrected chi connectivity index (χ3v) is 4.18. The van der Waals surface area contributed by atoms with Crippen molar-refractivity contribution in [3.8, 4) is 0 Å². The highest BCUT2D eigenvalue weighted by atomic mass is 16.3. The summed E-state index contributed by atoms with van der Waals surface area (Å²) in [7, 11) is 0. The van der Waals surface area contributed by atoms with Gasteiger partial charge in [0.05, 0.1) is 6.61 Å². The van der Waals surface area contributed by atoms with Crippen LogP contribution in [0.4, 0.5) is 0 Å². The molecule has 1 aromatic rings. The van der Waals surface area contributed by atoms with Gasteiger partial charge in [-0.1, -0.05) is 43.7 Å². The van der Waals surface area contributed by atoms with Crippen molar-refractivity contribution in [3.05, 3.63) is 35.9 Å². The molecule has 1 aliphatic heterocycles. The summed E-state index contributed by atoms with van der Waals surface area (Å²) in [6.45, 7) is 4.89. The van der Waals surface area contributed by atoms with E-state index in [9.17, 15) is 5.11 Å². The van der Waals surface area contributed by atoms with E-state index in [0.29, 0.717) is 18.6 Å². The molecule has 1 fully saturated rings. The van der Waals surface area contributed by atoms with Crippen LogP contribution in [-0.2, 0) is 0 Å². The van der Waals surface area contributed by atoms with Crippen LogP contribution < -0.4 is 0 Å². The first-order valence-electron chi connectivity index (χ1n) is 7.21. The molecule has 1 saturated heterocycles. The lowest BCUT2D eigenvalue weighted by Gasteiger charge is -2.35. The summed E-state index contributed by atoms with van der Waals surface area (Å²) in [5.41, 5.74) is 1.43. The van der Waals surface area contributed by atoms with E-state index < -0.39 is 0 Å². The number of aliphatic hydroxyl groups is 1. The zero-order valence-corrected chi connectivity index (χ0v) is 11.4. The van der Waals surface area contributed by atoms with Gasteiger partial charge in [0.2, 0.25) is 0 Å². The Kier molecular flexibility index (Phi) is 5.21. The average Bonchev–Trinajstić information content (AvgIpc) is 2.46. The summed E-state index contributed by atoms with van der Waals surface area (Å²) in [5, 5.41) is 9.40. The first-order chi connectivity index (χ1) is 8.81. The maximum Gasteiger partial charge on any atom is 0.0586 e. The minimum atomic E-state index is 0.319. The molecule has 0 saturated carbocycles. The molecule has 18 heavy (non-hydrogen) atoms. The van der Waals surface area contributed by atoms with Gasteiger partial charge in [-0.2, -0.15) is 0 Å². The van der Waals surface area contributed by atoms with Gasteiger partial charge < -0.3 is 5.11 Å². The Balaban J connectivity index is 1.83. The van der Waals surface area contributed by atoms with E-state index >= 15 is 0 Å². The Bertz CT molecular complexity index is 338. The van der Waals surface area contributed by atoms with Gasteiger partial charge in [-0.25, -0.2) is 0 Å². The molecule has 1 aromatic carbocycles. The monoisotopic (exact) mass is 247 g/mol. The fourth-order valence-corrected chi connectivity index (χ4v) is 2.87. The summed E-state index contributed by atoms with van der Waals surface area (Å²) in [4.78, 5) is 2.48. The Morgan fingerprint density at radius 2 is 2.06 bits per heavy atom. The van der Waals surface area contributed by atoms with Crippen LogP contribution in [0.3, 0.4) is 0 Å². The summed E-state index contributed by atoms with van der Waals surface area (Å²) in [6, 6.07) is 11.1. The Labute approximate surface area is 111 Å². The molecule has 1 N–H and O–H groups in total. The van der Waals surface area contributed by atoms with Gasteiger partial charge in [0.1, 0.15) is 0 Å². The van der Waals surface area contributed by atoms with Crippen LogP contribution in [0.15, 0.2) is 30.3 Å². The predicted octanol–water partition coefficient (Wildman–Crippen LogP) is 3.03. The Morgan fingerprint density at radius 1 is 1.28 bits per heavy atom. The van der Waals surface area contributed by atoms with Crippen molar-refractivity contribution in [2.24, 2.45) is 0 Å². The van der Waals surface area contributed by atoms with Gasteiger partial charge in [-0.05, 0) is 43.8 Å². The van der Waals surface area contributed by atoms with E-state index in [2.05, 4.69) is 42.2 Å². The smallest absolute Gasteiger partial charge is 0.0586 e. The molecule has 0 aromatic heterocycles. The number of hydrogen-bond donors (Lipinski definition) is 1. The van der Waals surface area contributed by atoms with Gasteiger partial charge in [0, 0.05) is 6.04 Å². The molecule has 0 spiro atoms. The van der Waals surface area contributed by atoms with Crippen LogP contribution >= 0.6 is 0 Å². The van der Waals surface area contributed by atoms with Crippen LogP contribution in [0.1, 0.15) is 44.1 Å². The molecule has 0 bridgehead atoms. The summed E-state index contributed by atoms with van der Waals surface area (Å²) >= 11 is 0. The van der Waals surface area contributed by atoms with Gasteiger partial charge in [0.15, 0.2) is 0 Å². The number of rotatable bonds is 5. The number of likely N-dealkylation sites (tertiary alicyclic amines) is 1. The Hall–Kier alpha value is -0.860. The highest BCUT2D eigenvalue weighted by molar-refractivity contribution is 5.18. The molecule has 2 nitrogen and oxygen atoms in total. The van der Waals surface area contributed by atoms with Crippen molar-refractivity contribution in [2.45, 2.75) is 44.6 Å². The van der Waals surface area contributed by atoms with Crippen molar-refractivity contribution >= 4 is 0 Å². The summed E-state index contributed by atoms with van der Waals surface area (Å²) in [6.07, 6.45) is 4.91. The van der Waals surface area contributed by atoms with Gasteiger partial charge in [-0.15, -0.1) is 0 Å².